The van der Waals surface area contributed by atoms with Gasteiger partial charge in [-0.1, -0.05) is 308 Å². The Bertz CT molecular complexity index is 982. The highest BCUT2D eigenvalue weighted by Crippen LogP contribution is 2.18. The average Bonchev–Trinajstić information content (AvgIpc) is 3.32. The maximum absolute atomic E-state index is 12.5. The Kier molecular flexibility index (Phi) is 55.4. The first kappa shape index (κ1) is 64.8. The summed E-state index contributed by atoms with van der Waals surface area (Å²) < 4.78 is 0. The lowest BCUT2D eigenvalue weighted by molar-refractivity contribution is -0.124. The van der Waals surface area contributed by atoms with Crippen molar-refractivity contribution >= 4 is 5.91 Å². The molecular formula is C61H119NO4. The summed E-state index contributed by atoms with van der Waals surface area (Å²) in [6.45, 7) is 4.22. The van der Waals surface area contributed by atoms with E-state index in [1.807, 2.05) is 0 Å². The summed E-state index contributed by atoms with van der Waals surface area (Å²) in [6.07, 6.45) is 72.0. The number of carbonyl (C=O) groups is 1. The van der Waals surface area contributed by atoms with Gasteiger partial charge in [0.05, 0.1) is 18.8 Å². The second-order valence-electron chi connectivity index (χ2n) is 20.9. The zero-order chi connectivity index (χ0) is 47.9. The van der Waals surface area contributed by atoms with E-state index in [-0.39, 0.29) is 12.5 Å². The quantitative estimate of drug-likeness (QED) is 0.0361. The molecule has 0 aromatic rings. The third kappa shape index (κ3) is 50.7. The molecule has 0 fully saturated rings. The van der Waals surface area contributed by atoms with Crippen molar-refractivity contribution in [2.45, 2.75) is 353 Å². The Morgan fingerprint density at radius 2 is 0.652 bits per heavy atom. The summed E-state index contributed by atoms with van der Waals surface area (Å²) >= 11 is 0. The molecule has 5 nitrogen and oxygen atoms in total. The van der Waals surface area contributed by atoms with Crippen LogP contribution in [0.4, 0.5) is 0 Å². The van der Waals surface area contributed by atoms with Crippen LogP contribution in [0.2, 0.25) is 0 Å². The van der Waals surface area contributed by atoms with Crippen LogP contribution in [-0.4, -0.2) is 46.1 Å². The largest absolute Gasteiger partial charge is 0.394 e. The van der Waals surface area contributed by atoms with Crippen molar-refractivity contribution in [2.24, 2.45) is 0 Å². The SMILES string of the molecule is CCCCCCCCCCC/C=C\C/C=C\CCCCCCCCCCCCCCCC(=O)NC(CO)C(O)C(O)CCCCCCCCCCCCCCCCCCCCCCCCC. The van der Waals surface area contributed by atoms with E-state index < -0.39 is 18.2 Å². The Morgan fingerprint density at radius 1 is 0.379 bits per heavy atom. The molecule has 0 radical (unpaired) electrons. The number of aliphatic hydroxyl groups excluding tert-OH is 3. The molecular weight excluding hydrogens is 811 g/mol. The van der Waals surface area contributed by atoms with Crippen LogP contribution in [0, 0.1) is 0 Å². The zero-order valence-corrected chi connectivity index (χ0v) is 44.9. The van der Waals surface area contributed by atoms with E-state index in [0.717, 1.165) is 38.5 Å². The molecule has 5 heteroatoms. The number of amides is 1. The number of unbranched alkanes of at least 4 members (excludes halogenated alkanes) is 44. The van der Waals surface area contributed by atoms with Crippen molar-refractivity contribution in [1.29, 1.82) is 0 Å². The Hall–Kier alpha value is -1.17. The van der Waals surface area contributed by atoms with E-state index in [4.69, 9.17) is 0 Å². The molecule has 1 amide bonds. The predicted molar refractivity (Wildman–Crippen MR) is 292 cm³/mol. The van der Waals surface area contributed by atoms with Crippen molar-refractivity contribution in [2.75, 3.05) is 6.61 Å². The average molecular weight is 931 g/mol. The van der Waals surface area contributed by atoms with E-state index in [0.29, 0.717) is 12.8 Å². The minimum absolute atomic E-state index is 0.140. The van der Waals surface area contributed by atoms with Gasteiger partial charge in [-0.2, -0.15) is 0 Å². The highest BCUT2D eigenvalue weighted by atomic mass is 16.3. The van der Waals surface area contributed by atoms with Crippen LogP contribution in [0.5, 0.6) is 0 Å². The molecule has 0 saturated heterocycles. The monoisotopic (exact) mass is 930 g/mol. The molecule has 4 N–H and O–H groups in total. The first-order chi connectivity index (χ1) is 32.6. The molecule has 0 aromatic heterocycles. The number of aliphatic hydroxyl groups is 3. The first-order valence-corrected chi connectivity index (χ1v) is 30.1. The Morgan fingerprint density at radius 3 is 0.955 bits per heavy atom. The summed E-state index contributed by atoms with van der Waals surface area (Å²) in [7, 11) is 0. The van der Waals surface area contributed by atoms with Gasteiger partial charge in [0.25, 0.3) is 0 Å². The van der Waals surface area contributed by atoms with Gasteiger partial charge >= 0.3 is 0 Å². The van der Waals surface area contributed by atoms with Gasteiger partial charge in [-0.25, -0.2) is 0 Å². The van der Waals surface area contributed by atoms with Gasteiger partial charge in [-0.15, -0.1) is 0 Å². The molecule has 0 aromatic carbocycles. The van der Waals surface area contributed by atoms with Crippen LogP contribution < -0.4 is 5.32 Å². The zero-order valence-electron chi connectivity index (χ0n) is 44.9. The highest BCUT2D eigenvalue weighted by Gasteiger charge is 2.26. The van der Waals surface area contributed by atoms with Crippen molar-refractivity contribution in [3.63, 3.8) is 0 Å². The van der Waals surface area contributed by atoms with Crippen molar-refractivity contribution < 1.29 is 20.1 Å². The van der Waals surface area contributed by atoms with Crippen LogP contribution in [-0.2, 0) is 4.79 Å². The summed E-state index contributed by atoms with van der Waals surface area (Å²) in [6, 6.07) is -0.810. The lowest BCUT2D eigenvalue weighted by Crippen LogP contribution is -2.50. The fourth-order valence-corrected chi connectivity index (χ4v) is 9.67. The van der Waals surface area contributed by atoms with Crippen molar-refractivity contribution in [3.05, 3.63) is 24.3 Å². The van der Waals surface area contributed by atoms with E-state index in [2.05, 4.69) is 43.5 Å². The third-order valence-electron chi connectivity index (χ3n) is 14.3. The van der Waals surface area contributed by atoms with E-state index in [1.165, 1.54) is 270 Å². The minimum atomic E-state index is -1.14. The third-order valence-corrected chi connectivity index (χ3v) is 14.3. The summed E-state index contributed by atoms with van der Waals surface area (Å²) in [5.74, 6) is -0.140. The topological polar surface area (TPSA) is 89.8 Å². The maximum Gasteiger partial charge on any atom is 0.220 e. The number of hydrogen-bond acceptors (Lipinski definition) is 4. The number of nitrogens with one attached hydrogen (secondary N) is 1. The lowest BCUT2D eigenvalue weighted by Gasteiger charge is -2.26. The molecule has 0 aliphatic heterocycles. The maximum atomic E-state index is 12.5. The lowest BCUT2D eigenvalue weighted by atomic mass is 9.99. The number of rotatable bonds is 56. The fourth-order valence-electron chi connectivity index (χ4n) is 9.67. The van der Waals surface area contributed by atoms with Gasteiger partial charge in [0.2, 0.25) is 5.91 Å². The standard InChI is InChI=1S/C61H119NO4/c1-3-5-7-9-11-13-15-17-19-21-23-25-27-28-29-30-31-32-34-36-38-40-42-44-46-48-50-52-54-56-60(65)62-58(57-63)61(66)59(64)55-53-51-49-47-45-43-41-39-37-35-33-26-24-22-20-18-16-14-12-10-8-6-4-2/h23,25,28-29,58-59,61,63-64,66H,3-22,24,26-27,30-57H2,1-2H3,(H,62,65)/b25-23-,29-28-. The molecule has 392 valence electrons. The van der Waals surface area contributed by atoms with E-state index >= 15 is 0 Å². The number of allylic oxidation sites excluding steroid dienone is 4. The van der Waals surface area contributed by atoms with Crippen LogP contribution in [0.1, 0.15) is 335 Å². The second kappa shape index (κ2) is 56.4. The van der Waals surface area contributed by atoms with Crippen molar-refractivity contribution in [1.82, 2.24) is 5.32 Å². The molecule has 0 rings (SSSR count). The second-order valence-corrected chi connectivity index (χ2v) is 20.9. The van der Waals surface area contributed by atoms with Crippen LogP contribution in [0.3, 0.4) is 0 Å². The molecule has 0 bridgehead atoms. The van der Waals surface area contributed by atoms with Gasteiger partial charge in [-0.05, 0) is 44.9 Å². The first-order valence-electron chi connectivity index (χ1n) is 30.1. The van der Waals surface area contributed by atoms with Crippen molar-refractivity contribution in [3.8, 4) is 0 Å². The minimum Gasteiger partial charge on any atom is -0.394 e. The molecule has 0 heterocycles. The highest BCUT2D eigenvalue weighted by molar-refractivity contribution is 5.76. The van der Waals surface area contributed by atoms with Crippen LogP contribution >= 0.6 is 0 Å². The summed E-state index contributed by atoms with van der Waals surface area (Å²) in [5, 5.41) is 33.9. The molecule has 0 saturated carbocycles. The summed E-state index contributed by atoms with van der Waals surface area (Å²) in [4.78, 5) is 12.5. The predicted octanol–water partition coefficient (Wildman–Crippen LogP) is 18.8. The van der Waals surface area contributed by atoms with E-state index in [1.54, 1.807) is 0 Å². The van der Waals surface area contributed by atoms with Gasteiger partial charge in [0, 0.05) is 6.42 Å². The Labute approximate surface area is 413 Å². The van der Waals surface area contributed by atoms with Crippen LogP contribution in [0.25, 0.3) is 0 Å². The van der Waals surface area contributed by atoms with E-state index in [9.17, 15) is 20.1 Å². The molecule has 3 atom stereocenters. The van der Waals surface area contributed by atoms with Gasteiger partial charge in [0.1, 0.15) is 6.10 Å². The molecule has 0 spiro atoms. The Balaban J connectivity index is 3.51. The smallest absolute Gasteiger partial charge is 0.220 e. The molecule has 0 aliphatic carbocycles. The number of carbonyl (C=O) groups excluding carboxylic acids is 1. The number of hydrogen-bond donors (Lipinski definition) is 4. The normalized spacial score (nSPS) is 13.3. The molecule has 0 aliphatic rings. The van der Waals surface area contributed by atoms with Gasteiger partial charge in [-0.3, -0.25) is 4.79 Å². The van der Waals surface area contributed by atoms with Gasteiger partial charge < -0.3 is 20.6 Å². The molecule has 3 unspecified atom stereocenters. The molecule has 66 heavy (non-hydrogen) atoms. The van der Waals surface area contributed by atoms with Gasteiger partial charge in [0.15, 0.2) is 0 Å². The fraction of sp³-hybridized carbons (Fsp3) is 0.918. The summed E-state index contributed by atoms with van der Waals surface area (Å²) in [5.41, 5.74) is 0. The van der Waals surface area contributed by atoms with Crippen LogP contribution in [0.15, 0.2) is 24.3 Å².